The summed E-state index contributed by atoms with van der Waals surface area (Å²) in [4.78, 5) is 4.10. The fourth-order valence-electron chi connectivity index (χ4n) is 3.20. The van der Waals surface area contributed by atoms with E-state index >= 15 is 0 Å². The van der Waals surface area contributed by atoms with E-state index in [-0.39, 0.29) is 29.4 Å². The molecule has 0 unspecified atom stereocenters. The number of aromatic nitrogens is 2. The second-order valence-electron chi connectivity index (χ2n) is 8.35. The van der Waals surface area contributed by atoms with Crippen LogP contribution in [-0.4, -0.2) is 35.9 Å². The van der Waals surface area contributed by atoms with Crippen molar-refractivity contribution in [1.82, 2.24) is 14.9 Å². The topological polar surface area (TPSA) is 97.1 Å². The molecule has 1 heterocycles. The van der Waals surface area contributed by atoms with Crippen LogP contribution in [0.4, 0.5) is 14.8 Å². The number of hydrogen-bond donors (Lipinski definition) is 2. The van der Waals surface area contributed by atoms with Gasteiger partial charge in [-0.3, -0.25) is 0 Å². The van der Waals surface area contributed by atoms with Crippen molar-refractivity contribution >= 4 is 16.0 Å². The maximum atomic E-state index is 13.9. The monoisotopic (exact) mass is 428 g/mol. The van der Waals surface area contributed by atoms with Crippen molar-refractivity contribution < 1.29 is 21.7 Å². The van der Waals surface area contributed by atoms with Gasteiger partial charge in [0.25, 0.3) is 0 Å². The van der Waals surface area contributed by atoms with E-state index < -0.39 is 26.4 Å². The summed E-state index contributed by atoms with van der Waals surface area (Å²) in [6.07, 6.45) is 3.33. The van der Waals surface area contributed by atoms with Gasteiger partial charge < -0.3 is 9.84 Å². The number of sulfonamides is 1. The first kappa shape index (κ1) is 21.6. The molecule has 3 rings (SSSR count). The van der Waals surface area contributed by atoms with E-state index in [1.807, 2.05) is 0 Å². The molecule has 0 aliphatic heterocycles. The summed E-state index contributed by atoms with van der Waals surface area (Å²) in [5, 5.41) is 6.84. The van der Waals surface area contributed by atoms with Gasteiger partial charge >= 0.3 is 6.01 Å². The molecule has 0 spiro atoms. The molecule has 1 aliphatic carbocycles. The minimum Gasteiger partial charge on any atom is -0.335 e. The molecule has 0 atom stereocenters. The van der Waals surface area contributed by atoms with Crippen LogP contribution in [0, 0.1) is 17.6 Å². The average Bonchev–Trinajstić information content (AvgIpc) is 3.11. The molecule has 2 aromatic rings. The molecule has 1 saturated carbocycles. The Labute approximate surface area is 169 Å². The average molecular weight is 429 g/mol. The fraction of sp³-hybridized carbons (Fsp3) is 0.579. The normalized spacial score (nSPS) is 20.6. The summed E-state index contributed by atoms with van der Waals surface area (Å²) in [5.41, 5.74) is -0.0587. The van der Waals surface area contributed by atoms with Gasteiger partial charge in [-0.2, -0.15) is 4.98 Å². The summed E-state index contributed by atoms with van der Waals surface area (Å²) >= 11 is 0. The zero-order chi connectivity index (χ0) is 21.2. The van der Waals surface area contributed by atoms with Crippen LogP contribution in [0.2, 0.25) is 0 Å². The zero-order valence-corrected chi connectivity index (χ0v) is 17.5. The molecule has 29 heavy (non-hydrogen) atoms. The standard InChI is InChI=1S/C19H26F2N4O3S/c1-19(2,3)29(26,27)22-11-12-7-9-13(10-8-12)23-18-24-17(25-28-18)14-5-4-6-15(20)16(14)21/h4-6,12-13,22H,7-11H2,1-3H3,(H,23,24,25). The predicted molar refractivity (Wildman–Crippen MR) is 106 cm³/mol. The van der Waals surface area contributed by atoms with Crippen LogP contribution in [0.25, 0.3) is 11.4 Å². The van der Waals surface area contributed by atoms with Crippen LogP contribution in [0.3, 0.4) is 0 Å². The van der Waals surface area contributed by atoms with E-state index in [0.717, 1.165) is 31.7 Å². The van der Waals surface area contributed by atoms with Crippen LogP contribution in [0.1, 0.15) is 46.5 Å². The second-order valence-corrected chi connectivity index (χ2v) is 10.9. The van der Waals surface area contributed by atoms with E-state index in [0.29, 0.717) is 6.54 Å². The third kappa shape index (κ3) is 5.11. The van der Waals surface area contributed by atoms with Crippen LogP contribution >= 0.6 is 0 Å². The summed E-state index contributed by atoms with van der Waals surface area (Å²) in [6, 6.07) is 4.04. The number of anilines is 1. The van der Waals surface area contributed by atoms with Gasteiger partial charge in [-0.1, -0.05) is 11.2 Å². The van der Waals surface area contributed by atoms with Crippen molar-refractivity contribution in [2.24, 2.45) is 5.92 Å². The van der Waals surface area contributed by atoms with Crippen molar-refractivity contribution in [1.29, 1.82) is 0 Å². The van der Waals surface area contributed by atoms with Gasteiger partial charge in [-0.15, -0.1) is 0 Å². The van der Waals surface area contributed by atoms with Crippen molar-refractivity contribution in [2.75, 3.05) is 11.9 Å². The van der Waals surface area contributed by atoms with E-state index in [9.17, 15) is 17.2 Å². The molecule has 0 saturated heterocycles. The number of nitrogens with zero attached hydrogens (tertiary/aromatic N) is 2. The van der Waals surface area contributed by atoms with Crippen molar-refractivity contribution in [2.45, 2.75) is 57.2 Å². The minimum absolute atomic E-state index is 0.0187. The Morgan fingerprint density at radius 2 is 1.86 bits per heavy atom. The number of rotatable bonds is 6. The van der Waals surface area contributed by atoms with Crippen LogP contribution < -0.4 is 10.0 Å². The summed E-state index contributed by atoms with van der Waals surface area (Å²) in [5.74, 6) is -1.74. The van der Waals surface area contributed by atoms with Crippen LogP contribution in [0.5, 0.6) is 0 Å². The van der Waals surface area contributed by atoms with E-state index in [1.54, 1.807) is 20.8 Å². The van der Waals surface area contributed by atoms with Gasteiger partial charge in [-0.25, -0.2) is 21.9 Å². The molecular weight excluding hydrogens is 402 g/mol. The Morgan fingerprint density at radius 3 is 2.52 bits per heavy atom. The smallest absolute Gasteiger partial charge is 0.322 e. The molecule has 160 valence electrons. The molecule has 0 bridgehead atoms. The highest BCUT2D eigenvalue weighted by molar-refractivity contribution is 7.90. The lowest BCUT2D eigenvalue weighted by molar-refractivity contribution is 0.329. The lowest BCUT2D eigenvalue weighted by atomic mass is 9.86. The molecule has 1 aromatic heterocycles. The maximum absolute atomic E-state index is 13.9. The van der Waals surface area contributed by atoms with Gasteiger partial charge in [0.05, 0.1) is 10.3 Å². The molecule has 10 heteroatoms. The Bertz CT molecular complexity index is 949. The van der Waals surface area contributed by atoms with Crippen LogP contribution in [0.15, 0.2) is 22.7 Å². The first-order valence-corrected chi connectivity index (χ1v) is 11.1. The van der Waals surface area contributed by atoms with E-state index in [1.165, 1.54) is 12.1 Å². The molecule has 0 radical (unpaired) electrons. The quantitative estimate of drug-likeness (QED) is 0.728. The van der Waals surface area contributed by atoms with Gasteiger partial charge in [0.15, 0.2) is 11.6 Å². The Morgan fingerprint density at radius 1 is 1.17 bits per heavy atom. The zero-order valence-electron chi connectivity index (χ0n) is 16.7. The van der Waals surface area contributed by atoms with Crippen LogP contribution in [-0.2, 0) is 10.0 Å². The maximum Gasteiger partial charge on any atom is 0.322 e. The SMILES string of the molecule is CC(C)(C)S(=O)(=O)NCC1CCC(Nc2nc(-c3cccc(F)c3F)no2)CC1. The highest BCUT2D eigenvalue weighted by Gasteiger charge is 2.30. The highest BCUT2D eigenvalue weighted by Crippen LogP contribution is 2.28. The van der Waals surface area contributed by atoms with E-state index in [4.69, 9.17) is 4.52 Å². The molecule has 1 aromatic carbocycles. The van der Waals surface area contributed by atoms with Gasteiger partial charge in [0.1, 0.15) is 0 Å². The molecule has 1 fully saturated rings. The molecular formula is C19H26F2N4O3S. The Hall–Kier alpha value is -2.07. The summed E-state index contributed by atoms with van der Waals surface area (Å²) in [6.45, 7) is 5.44. The summed E-state index contributed by atoms with van der Waals surface area (Å²) in [7, 11) is -3.35. The van der Waals surface area contributed by atoms with Crippen molar-refractivity contribution in [3.63, 3.8) is 0 Å². The van der Waals surface area contributed by atoms with Gasteiger partial charge in [0, 0.05) is 12.6 Å². The lowest BCUT2D eigenvalue weighted by Gasteiger charge is -2.29. The molecule has 2 N–H and O–H groups in total. The van der Waals surface area contributed by atoms with Gasteiger partial charge in [-0.05, 0) is 64.5 Å². The van der Waals surface area contributed by atoms with E-state index in [2.05, 4.69) is 20.2 Å². The van der Waals surface area contributed by atoms with Crippen molar-refractivity contribution in [3.8, 4) is 11.4 Å². The Kier molecular flexibility index (Phi) is 6.23. The largest absolute Gasteiger partial charge is 0.335 e. The Balaban J connectivity index is 1.52. The molecule has 7 nitrogen and oxygen atoms in total. The third-order valence-corrected chi connectivity index (χ3v) is 7.32. The number of benzene rings is 1. The first-order chi connectivity index (χ1) is 13.6. The minimum atomic E-state index is -3.35. The van der Waals surface area contributed by atoms with Crippen molar-refractivity contribution in [3.05, 3.63) is 29.8 Å². The number of hydrogen-bond acceptors (Lipinski definition) is 6. The number of nitrogens with one attached hydrogen (secondary N) is 2. The molecule has 1 aliphatic rings. The lowest BCUT2D eigenvalue weighted by Crippen LogP contribution is -2.42. The third-order valence-electron chi connectivity index (χ3n) is 5.16. The first-order valence-electron chi connectivity index (χ1n) is 9.60. The predicted octanol–water partition coefficient (Wildman–Crippen LogP) is 3.70. The highest BCUT2D eigenvalue weighted by atomic mass is 32.2. The number of halogens is 2. The summed E-state index contributed by atoms with van der Waals surface area (Å²) < 4.78 is 58.6. The molecule has 0 amide bonds. The second kappa shape index (κ2) is 8.35. The van der Waals surface area contributed by atoms with Gasteiger partial charge in [0.2, 0.25) is 15.8 Å². The fourth-order valence-corrected chi connectivity index (χ4v) is 4.09.